The molecule has 1 aromatic heterocycles. The van der Waals surface area contributed by atoms with Crippen LogP contribution in [0, 0.1) is 12.8 Å². The van der Waals surface area contributed by atoms with Crippen LogP contribution in [0.1, 0.15) is 49.1 Å². The lowest BCUT2D eigenvalue weighted by Crippen LogP contribution is -2.16. The molecule has 0 aliphatic heterocycles. The minimum atomic E-state index is -0.701. The summed E-state index contributed by atoms with van der Waals surface area (Å²) in [7, 11) is 0. The maximum Gasteiger partial charge on any atom is 0.303 e. The first kappa shape index (κ1) is 22.9. The van der Waals surface area contributed by atoms with E-state index in [1.54, 1.807) is 4.09 Å². The number of aryl methyl sites for hydroxylation is 1. The van der Waals surface area contributed by atoms with Crippen molar-refractivity contribution in [3.05, 3.63) is 76.8 Å². The second-order valence-corrected chi connectivity index (χ2v) is 10.1. The smallest absolute Gasteiger partial charge is 0.303 e. The van der Waals surface area contributed by atoms with Crippen LogP contribution in [-0.2, 0) is 4.79 Å². The summed E-state index contributed by atoms with van der Waals surface area (Å²) >= 11 is 13.4. The molecule has 1 heterocycles. The van der Waals surface area contributed by atoms with Crippen molar-refractivity contribution in [2.24, 2.45) is 5.92 Å². The number of carboxylic acid groups (broad SMARTS) is 1. The second kappa shape index (κ2) is 9.44. The van der Waals surface area contributed by atoms with Gasteiger partial charge in [0.15, 0.2) is 5.82 Å². The lowest BCUT2D eigenvalue weighted by molar-refractivity contribution is -0.138. The minimum absolute atomic E-state index is 0.265. The SMILES string of the molecule is Cc1cc(Cl)c2nc(-c3cc(C4CCC(CC(=O)O)CC4)ccc3-c3ccccc3)n(Cl)c2c1. The normalized spacial score (nSPS) is 18.3. The Morgan fingerprint density at radius 1 is 1.03 bits per heavy atom. The number of halogens is 2. The van der Waals surface area contributed by atoms with Crippen molar-refractivity contribution in [1.82, 2.24) is 9.07 Å². The second-order valence-electron chi connectivity index (χ2n) is 9.32. The maximum atomic E-state index is 11.1. The van der Waals surface area contributed by atoms with Crippen LogP contribution in [0.5, 0.6) is 0 Å². The van der Waals surface area contributed by atoms with Crippen molar-refractivity contribution in [2.75, 3.05) is 0 Å². The molecule has 0 atom stereocenters. The molecular weight excluding hydrogens is 467 g/mol. The summed E-state index contributed by atoms with van der Waals surface area (Å²) in [5, 5.41) is 9.73. The number of benzene rings is 3. The Labute approximate surface area is 209 Å². The van der Waals surface area contributed by atoms with Gasteiger partial charge >= 0.3 is 5.97 Å². The highest BCUT2D eigenvalue weighted by Gasteiger charge is 2.26. The number of carboxylic acids is 1. The number of aliphatic carboxylic acids is 1. The summed E-state index contributed by atoms with van der Waals surface area (Å²) in [5.74, 6) is 0.638. The molecule has 1 aliphatic rings. The molecule has 1 aliphatic carbocycles. The summed E-state index contributed by atoms with van der Waals surface area (Å²) in [6.07, 6.45) is 4.13. The summed E-state index contributed by atoms with van der Waals surface area (Å²) in [5.41, 5.74) is 6.89. The van der Waals surface area contributed by atoms with Crippen LogP contribution < -0.4 is 0 Å². The fourth-order valence-corrected chi connectivity index (χ4v) is 5.79. The van der Waals surface area contributed by atoms with Crippen molar-refractivity contribution in [2.45, 2.75) is 44.9 Å². The maximum absolute atomic E-state index is 11.1. The van der Waals surface area contributed by atoms with E-state index in [1.807, 2.05) is 37.3 Å². The van der Waals surface area contributed by atoms with E-state index in [0.29, 0.717) is 22.3 Å². The van der Waals surface area contributed by atoms with Gasteiger partial charge in [-0.25, -0.2) is 9.07 Å². The van der Waals surface area contributed by atoms with E-state index < -0.39 is 5.97 Å². The Morgan fingerprint density at radius 2 is 1.76 bits per heavy atom. The van der Waals surface area contributed by atoms with Crippen molar-refractivity contribution in [3.8, 4) is 22.5 Å². The van der Waals surface area contributed by atoms with E-state index in [-0.39, 0.29) is 12.3 Å². The molecule has 0 bridgehead atoms. The molecule has 1 fully saturated rings. The number of nitrogens with zero attached hydrogens (tertiary/aromatic N) is 2. The van der Waals surface area contributed by atoms with E-state index in [1.165, 1.54) is 5.56 Å². The van der Waals surface area contributed by atoms with E-state index >= 15 is 0 Å². The average molecular weight is 493 g/mol. The fourth-order valence-electron chi connectivity index (χ4n) is 5.22. The first-order valence-electron chi connectivity index (χ1n) is 11.7. The number of hydrogen-bond donors (Lipinski definition) is 1. The highest BCUT2D eigenvalue weighted by Crippen LogP contribution is 2.42. The number of aromatic nitrogens is 2. The number of rotatable bonds is 5. The zero-order valence-corrected chi connectivity index (χ0v) is 20.5. The molecule has 4 aromatic rings. The van der Waals surface area contributed by atoms with Crippen LogP contribution in [0.4, 0.5) is 0 Å². The van der Waals surface area contributed by atoms with Crippen molar-refractivity contribution in [3.63, 3.8) is 0 Å². The van der Waals surface area contributed by atoms with Gasteiger partial charge in [-0.15, -0.1) is 0 Å². The zero-order chi connectivity index (χ0) is 23.8. The fraction of sp³-hybridized carbons (Fsp3) is 0.286. The standard InChI is InChI=1S/C28H26Cl2N2O2/c1-17-13-24(29)27-25(14-17)32(30)28(31-27)23-16-21(11-12-22(23)20-5-3-2-4-6-20)19-9-7-18(8-10-19)15-26(33)34/h2-6,11-14,16,18-19H,7-10,15H2,1H3,(H,33,34). The molecule has 0 spiro atoms. The Hall–Kier alpha value is -2.82. The monoisotopic (exact) mass is 492 g/mol. The largest absolute Gasteiger partial charge is 0.481 e. The Bertz CT molecular complexity index is 1360. The van der Waals surface area contributed by atoms with Crippen LogP contribution >= 0.6 is 23.4 Å². The Morgan fingerprint density at radius 3 is 2.47 bits per heavy atom. The molecule has 0 saturated heterocycles. The molecule has 5 rings (SSSR count). The quantitative estimate of drug-likeness (QED) is 0.306. The van der Waals surface area contributed by atoms with Crippen molar-refractivity contribution >= 4 is 40.4 Å². The molecule has 4 nitrogen and oxygen atoms in total. The summed E-state index contributed by atoms with van der Waals surface area (Å²) < 4.78 is 1.61. The van der Waals surface area contributed by atoms with Gasteiger partial charge in [0.05, 0.1) is 10.5 Å². The average Bonchev–Trinajstić information content (AvgIpc) is 3.16. The Balaban J connectivity index is 1.59. The third kappa shape index (κ3) is 4.45. The van der Waals surface area contributed by atoms with Crippen LogP contribution in [0.25, 0.3) is 33.5 Å². The van der Waals surface area contributed by atoms with Gasteiger partial charge in [-0.3, -0.25) is 4.79 Å². The number of hydrogen-bond acceptors (Lipinski definition) is 2. The van der Waals surface area contributed by atoms with Gasteiger partial charge in [0.25, 0.3) is 0 Å². The third-order valence-electron chi connectivity index (χ3n) is 6.95. The highest BCUT2D eigenvalue weighted by molar-refractivity contribution is 6.35. The minimum Gasteiger partial charge on any atom is -0.481 e. The first-order valence-corrected chi connectivity index (χ1v) is 12.4. The van der Waals surface area contributed by atoms with Crippen molar-refractivity contribution < 1.29 is 9.90 Å². The van der Waals surface area contributed by atoms with Crippen molar-refractivity contribution in [1.29, 1.82) is 0 Å². The molecule has 0 amide bonds. The molecule has 174 valence electrons. The molecule has 3 aromatic carbocycles. The van der Waals surface area contributed by atoms with Crippen LogP contribution in [0.3, 0.4) is 0 Å². The van der Waals surface area contributed by atoms with Gasteiger partial charge in [0, 0.05) is 23.8 Å². The van der Waals surface area contributed by atoms with Gasteiger partial charge < -0.3 is 5.11 Å². The predicted octanol–water partition coefficient (Wildman–Crippen LogP) is 8.08. The zero-order valence-electron chi connectivity index (χ0n) is 19.0. The molecule has 34 heavy (non-hydrogen) atoms. The van der Waals surface area contributed by atoms with E-state index in [4.69, 9.17) is 33.5 Å². The van der Waals surface area contributed by atoms with E-state index in [0.717, 1.165) is 53.5 Å². The molecule has 6 heteroatoms. The summed E-state index contributed by atoms with van der Waals surface area (Å²) in [4.78, 5) is 16.0. The first-order chi connectivity index (χ1) is 16.4. The van der Waals surface area contributed by atoms with Crippen LogP contribution in [0.2, 0.25) is 5.02 Å². The number of fused-ring (bicyclic) bond motifs is 1. The molecule has 0 radical (unpaired) electrons. The molecular formula is C28H26Cl2N2O2. The van der Waals surface area contributed by atoms with Crippen LogP contribution in [0.15, 0.2) is 60.7 Å². The van der Waals surface area contributed by atoms with Gasteiger partial charge in [-0.2, -0.15) is 0 Å². The number of carbonyl (C=O) groups is 1. The van der Waals surface area contributed by atoms with Gasteiger partial charge in [0.2, 0.25) is 0 Å². The lowest BCUT2D eigenvalue weighted by Gasteiger charge is -2.28. The van der Waals surface area contributed by atoms with E-state index in [2.05, 4.69) is 30.3 Å². The lowest BCUT2D eigenvalue weighted by atomic mass is 9.77. The molecule has 1 saturated carbocycles. The van der Waals surface area contributed by atoms with Gasteiger partial charge in [-0.05, 0) is 84.9 Å². The predicted molar refractivity (Wildman–Crippen MR) is 139 cm³/mol. The summed E-state index contributed by atoms with van der Waals surface area (Å²) in [6.45, 7) is 1.99. The Kier molecular flexibility index (Phi) is 6.37. The van der Waals surface area contributed by atoms with Gasteiger partial charge in [0.1, 0.15) is 5.52 Å². The third-order valence-corrected chi connectivity index (χ3v) is 7.58. The summed E-state index contributed by atoms with van der Waals surface area (Å²) in [6, 6.07) is 20.7. The highest BCUT2D eigenvalue weighted by atomic mass is 35.5. The molecule has 1 N–H and O–H groups in total. The van der Waals surface area contributed by atoms with E-state index in [9.17, 15) is 4.79 Å². The van der Waals surface area contributed by atoms with Gasteiger partial charge in [-0.1, -0.05) is 54.1 Å². The molecule has 0 unspecified atom stereocenters. The topological polar surface area (TPSA) is 55.1 Å². The number of imidazole rings is 1. The van der Waals surface area contributed by atoms with Crippen LogP contribution in [-0.4, -0.2) is 20.1 Å².